The molecule has 0 fully saturated rings. The van der Waals surface area contributed by atoms with Crippen LogP contribution in [0.1, 0.15) is 43.6 Å². The third kappa shape index (κ3) is 5.62. The van der Waals surface area contributed by atoms with Gasteiger partial charge in [-0.15, -0.1) is 0 Å². The number of nitrogens with zero attached hydrogens (tertiary/aromatic N) is 2. The van der Waals surface area contributed by atoms with Gasteiger partial charge in [0.25, 0.3) is 0 Å². The highest BCUT2D eigenvalue weighted by Gasteiger charge is 2.11. The molecule has 1 amide bonds. The van der Waals surface area contributed by atoms with Crippen LogP contribution in [0.15, 0.2) is 42.5 Å². The van der Waals surface area contributed by atoms with Gasteiger partial charge in [0.1, 0.15) is 11.6 Å². The van der Waals surface area contributed by atoms with Crippen molar-refractivity contribution in [1.82, 2.24) is 14.9 Å². The first kappa shape index (κ1) is 21.9. The van der Waals surface area contributed by atoms with E-state index in [0.29, 0.717) is 13.2 Å². The van der Waals surface area contributed by atoms with Crippen LogP contribution in [0.4, 0.5) is 0 Å². The fourth-order valence-electron chi connectivity index (χ4n) is 3.50. The Labute approximate surface area is 179 Å². The third-order valence-electron chi connectivity index (χ3n) is 5.26. The summed E-state index contributed by atoms with van der Waals surface area (Å²) in [7, 11) is 0. The van der Waals surface area contributed by atoms with Crippen LogP contribution < -0.4 is 10.1 Å². The summed E-state index contributed by atoms with van der Waals surface area (Å²) < 4.78 is 8.33. The van der Waals surface area contributed by atoms with E-state index in [-0.39, 0.29) is 11.8 Å². The van der Waals surface area contributed by atoms with Gasteiger partial charge >= 0.3 is 0 Å². The zero-order valence-corrected chi connectivity index (χ0v) is 18.6. The number of hydrogen-bond donors (Lipinski definition) is 1. The lowest BCUT2D eigenvalue weighted by molar-refractivity contribution is -0.123. The minimum absolute atomic E-state index is 0.0200. The summed E-state index contributed by atoms with van der Waals surface area (Å²) in [5.74, 6) is 2.16. The summed E-state index contributed by atoms with van der Waals surface area (Å²) in [5.41, 5.74) is 4.56. The zero-order chi connectivity index (χ0) is 21.5. The van der Waals surface area contributed by atoms with E-state index >= 15 is 0 Å². The molecule has 0 spiro atoms. The average Bonchev–Trinajstić information content (AvgIpc) is 3.08. The van der Waals surface area contributed by atoms with E-state index in [0.717, 1.165) is 54.0 Å². The summed E-state index contributed by atoms with van der Waals surface area (Å²) in [6.45, 7) is 10.2. The molecule has 1 N–H and O–H groups in total. The number of rotatable bonds is 10. The highest BCUT2D eigenvalue weighted by atomic mass is 16.5. The zero-order valence-electron chi connectivity index (χ0n) is 18.6. The van der Waals surface area contributed by atoms with Gasteiger partial charge in [-0.3, -0.25) is 4.79 Å². The number of ether oxygens (including phenoxy) is 1. The highest BCUT2D eigenvalue weighted by molar-refractivity contribution is 5.77. The van der Waals surface area contributed by atoms with Gasteiger partial charge in [-0.1, -0.05) is 38.1 Å². The number of carbonyl (C=O) groups excluding carboxylic acids is 1. The third-order valence-corrected chi connectivity index (χ3v) is 5.26. The largest absolute Gasteiger partial charge is 0.493 e. The second kappa shape index (κ2) is 10.3. The predicted octanol–water partition coefficient (Wildman–Crippen LogP) is 4.83. The van der Waals surface area contributed by atoms with Crippen molar-refractivity contribution in [3.05, 3.63) is 59.4 Å². The molecule has 2 aromatic carbocycles. The maximum atomic E-state index is 11.8. The van der Waals surface area contributed by atoms with Crippen molar-refractivity contribution in [2.45, 2.75) is 53.5 Å². The molecule has 0 bridgehead atoms. The molecule has 0 aliphatic heterocycles. The van der Waals surface area contributed by atoms with Crippen molar-refractivity contribution < 1.29 is 9.53 Å². The minimum Gasteiger partial charge on any atom is -0.493 e. The fourth-order valence-corrected chi connectivity index (χ4v) is 3.50. The van der Waals surface area contributed by atoms with Crippen LogP contribution in [0.2, 0.25) is 0 Å². The molecule has 5 heteroatoms. The molecule has 30 heavy (non-hydrogen) atoms. The number of carbonyl (C=O) groups is 1. The van der Waals surface area contributed by atoms with Gasteiger partial charge in [0.2, 0.25) is 5.91 Å². The molecular formula is C25H33N3O2. The van der Waals surface area contributed by atoms with E-state index < -0.39 is 0 Å². The van der Waals surface area contributed by atoms with E-state index in [1.54, 1.807) is 0 Å². The Hall–Kier alpha value is -2.82. The second-order valence-electron chi connectivity index (χ2n) is 8.19. The van der Waals surface area contributed by atoms with Gasteiger partial charge in [-0.05, 0) is 56.0 Å². The maximum Gasteiger partial charge on any atom is 0.222 e. The van der Waals surface area contributed by atoms with Crippen molar-refractivity contribution in [3.8, 4) is 5.75 Å². The van der Waals surface area contributed by atoms with Crippen LogP contribution >= 0.6 is 0 Å². The lowest BCUT2D eigenvalue weighted by Crippen LogP contribution is -2.28. The van der Waals surface area contributed by atoms with Crippen LogP contribution in [-0.2, 0) is 17.8 Å². The number of aryl methyl sites for hydroxylation is 4. The summed E-state index contributed by atoms with van der Waals surface area (Å²) >= 11 is 0. The standard InChI is InChI=1S/C25H33N3O2/c1-18(2)25(29)26-14-7-11-24-27-21-9-5-6-10-22(21)28(24)15-8-16-30-23-17-19(3)12-13-20(23)4/h5-6,9-10,12-13,17-18H,7-8,11,14-16H2,1-4H3,(H,26,29). The molecule has 0 radical (unpaired) electrons. The van der Waals surface area contributed by atoms with Crippen molar-refractivity contribution in [2.24, 2.45) is 5.92 Å². The van der Waals surface area contributed by atoms with Gasteiger partial charge in [-0.2, -0.15) is 0 Å². The molecular weight excluding hydrogens is 374 g/mol. The second-order valence-corrected chi connectivity index (χ2v) is 8.19. The lowest BCUT2D eigenvalue weighted by atomic mass is 10.1. The smallest absolute Gasteiger partial charge is 0.222 e. The van der Waals surface area contributed by atoms with Crippen LogP contribution in [0.5, 0.6) is 5.75 Å². The number of aromatic nitrogens is 2. The maximum absolute atomic E-state index is 11.8. The van der Waals surface area contributed by atoms with Crippen LogP contribution in [-0.4, -0.2) is 28.6 Å². The number of imidazole rings is 1. The molecule has 3 aromatic rings. The van der Waals surface area contributed by atoms with Gasteiger partial charge in [-0.25, -0.2) is 4.98 Å². The fraction of sp³-hybridized carbons (Fsp3) is 0.440. The molecule has 0 aliphatic carbocycles. The first-order chi connectivity index (χ1) is 14.5. The van der Waals surface area contributed by atoms with Crippen LogP contribution in [0.25, 0.3) is 11.0 Å². The Kier molecular flexibility index (Phi) is 7.50. The summed E-state index contributed by atoms with van der Waals surface area (Å²) in [6.07, 6.45) is 2.62. The topological polar surface area (TPSA) is 56.1 Å². The van der Waals surface area contributed by atoms with Crippen molar-refractivity contribution in [2.75, 3.05) is 13.2 Å². The molecule has 0 aliphatic rings. The lowest BCUT2D eigenvalue weighted by Gasteiger charge is -2.12. The Morgan fingerprint density at radius 2 is 1.93 bits per heavy atom. The molecule has 3 rings (SSSR count). The highest BCUT2D eigenvalue weighted by Crippen LogP contribution is 2.20. The molecule has 1 heterocycles. The minimum atomic E-state index is 0.0200. The monoisotopic (exact) mass is 407 g/mol. The van der Waals surface area contributed by atoms with Gasteiger partial charge < -0.3 is 14.6 Å². The van der Waals surface area contributed by atoms with E-state index in [2.05, 4.69) is 60.1 Å². The average molecular weight is 408 g/mol. The molecule has 0 saturated carbocycles. The molecule has 1 aromatic heterocycles. The summed E-state index contributed by atoms with van der Waals surface area (Å²) in [4.78, 5) is 16.6. The first-order valence-electron chi connectivity index (χ1n) is 10.9. The summed E-state index contributed by atoms with van der Waals surface area (Å²) in [5, 5.41) is 2.99. The van der Waals surface area contributed by atoms with E-state index in [9.17, 15) is 4.79 Å². The van der Waals surface area contributed by atoms with E-state index in [4.69, 9.17) is 9.72 Å². The Bertz CT molecular complexity index is 991. The Morgan fingerprint density at radius 3 is 2.73 bits per heavy atom. The van der Waals surface area contributed by atoms with Crippen molar-refractivity contribution in [3.63, 3.8) is 0 Å². The van der Waals surface area contributed by atoms with Crippen LogP contribution in [0, 0.1) is 19.8 Å². The number of benzene rings is 2. The molecule has 0 saturated heterocycles. The first-order valence-corrected chi connectivity index (χ1v) is 10.9. The summed E-state index contributed by atoms with van der Waals surface area (Å²) in [6, 6.07) is 14.6. The molecule has 5 nitrogen and oxygen atoms in total. The van der Waals surface area contributed by atoms with E-state index in [1.807, 2.05) is 19.9 Å². The predicted molar refractivity (Wildman–Crippen MR) is 122 cm³/mol. The Morgan fingerprint density at radius 1 is 1.13 bits per heavy atom. The SMILES string of the molecule is Cc1ccc(C)c(OCCCn2c(CCCNC(=O)C(C)C)nc3ccccc32)c1. The molecule has 0 unspecified atom stereocenters. The van der Waals surface area contributed by atoms with Gasteiger partial charge in [0, 0.05) is 25.4 Å². The number of amides is 1. The van der Waals surface area contributed by atoms with Crippen molar-refractivity contribution >= 4 is 16.9 Å². The molecule has 160 valence electrons. The van der Waals surface area contributed by atoms with Gasteiger partial charge in [0.15, 0.2) is 0 Å². The molecule has 0 atom stereocenters. The Balaban J connectivity index is 1.60. The number of para-hydroxylation sites is 2. The van der Waals surface area contributed by atoms with E-state index in [1.165, 1.54) is 5.56 Å². The quantitative estimate of drug-likeness (QED) is 0.490. The van der Waals surface area contributed by atoms with Crippen LogP contribution in [0.3, 0.4) is 0 Å². The normalized spacial score (nSPS) is 11.2. The van der Waals surface area contributed by atoms with Crippen molar-refractivity contribution in [1.29, 1.82) is 0 Å². The van der Waals surface area contributed by atoms with Gasteiger partial charge in [0.05, 0.1) is 17.6 Å². The number of nitrogens with one attached hydrogen (secondary N) is 1. The number of hydrogen-bond acceptors (Lipinski definition) is 3. The number of fused-ring (bicyclic) bond motifs is 1.